The highest BCUT2D eigenvalue weighted by molar-refractivity contribution is 14.0. The second-order valence-electron chi connectivity index (χ2n) is 5.47. The summed E-state index contributed by atoms with van der Waals surface area (Å²) in [5.41, 5.74) is 2.07. The molecule has 0 aliphatic rings. The van der Waals surface area contributed by atoms with Crippen LogP contribution in [0.3, 0.4) is 0 Å². The third kappa shape index (κ3) is 5.78. The number of nitrogens with one attached hydrogen (secondary N) is 1. The Hall–Kier alpha value is -1.06. The van der Waals surface area contributed by atoms with Crippen molar-refractivity contribution in [1.82, 2.24) is 14.8 Å². The van der Waals surface area contributed by atoms with Crippen LogP contribution in [0.5, 0.6) is 0 Å². The van der Waals surface area contributed by atoms with Gasteiger partial charge in [-0.2, -0.15) is 0 Å². The molecule has 1 heterocycles. The van der Waals surface area contributed by atoms with Crippen LogP contribution in [0.2, 0.25) is 0 Å². The average Bonchev–Trinajstić information content (AvgIpc) is 2.86. The molecule has 5 nitrogen and oxygen atoms in total. The molecule has 0 fully saturated rings. The van der Waals surface area contributed by atoms with Crippen LogP contribution >= 0.6 is 39.9 Å². The summed E-state index contributed by atoms with van der Waals surface area (Å²) in [5, 5.41) is 13.5. The Morgan fingerprint density at radius 1 is 1.38 bits per heavy atom. The van der Waals surface area contributed by atoms with E-state index >= 15 is 0 Å². The van der Waals surface area contributed by atoms with E-state index in [-0.39, 0.29) is 24.0 Å². The Kier molecular flexibility index (Phi) is 8.79. The van der Waals surface area contributed by atoms with Gasteiger partial charge in [0.05, 0.1) is 12.6 Å². The van der Waals surface area contributed by atoms with E-state index in [1.165, 1.54) is 5.69 Å². The molecule has 0 aliphatic heterocycles. The van der Waals surface area contributed by atoms with Gasteiger partial charge in [0.25, 0.3) is 0 Å². The van der Waals surface area contributed by atoms with Gasteiger partial charge in [0.15, 0.2) is 5.96 Å². The number of aliphatic hydroxyl groups is 1. The number of aliphatic hydroxyl groups excluding tert-OH is 1. The lowest BCUT2D eigenvalue weighted by atomic mass is 10.1. The number of halogens is 2. The minimum atomic E-state index is -0.564. The first-order chi connectivity index (χ1) is 11.0. The molecule has 0 saturated heterocycles. The van der Waals surface area contributed by atoms with Crippen LogP contribution in [0.15, 0.2) is 52.1 Å². The molecular weight excluding hydrogens is 483 g/mol. The molecule has 0 saturated carbocycles. The fourth-order valence-corrected chi connectivity index (χ4v) is 2.98. The van der Waals surface area contributed by atoms with E-state index in [9.17, 15) is 5.11 Å². The van der Waals surface area contributed by atoms with E-state index in [1.807, 2.05) is 55.5 Å². The van der Waals surface area contributed by atoms with Gasteiger partial charge in [-0.25, -0.2) is 0 Å². The quantitative estimate of drug-likeness (QED) is 0.372. The fraction of sp³-hybridized carbons (Fsp3) is 0.353. The Labute approximate surface area is 168 Å². The third-order valence-corrected chi connectivity index (χ3v) is 4.12. The highest BCUT2D eigenvalue weighted by atomic mass is 127. The summed E-state index contributed by atoms with van der Waals surface area (Å²) >= 11 is 3.48. The molecule has 2 N–H and O–H groups in total. The number of rotatable bonds is 5. The van der Waals surface area contributed by atoms with Gasteiger partial charge in [-0.05, 0) is 27.6 Å². The van der Waals surface area contributed by atoms with Gasteiger partial charge in [-0.1, -0.05) is 30.3 Å². The Balaban J connectivity index is 0.00000288. The summed E-state index contributed by atoms with van der Waals surface area (Å²) in [6, 6.07) is 11.7. The van der Waals surface area contributed by atoms with Gasteiger partial charge in [0.1, 0.15) is 0 Å². The molecule has 0 aliphatic carbocycles. The van der Waals surface area contributed by atoms with Crippen molar-refractivity contribution < 1.29 is 5.11 Å². The summed E-state index contributed by atoms with van der Waals surface area (Å²) in [6.45, 7) is 1.14. The summed E-state index contributed by atoms with van der Waals surface area (Å²) in [6.07, 6.45) is 1.46. The van der Waals surface area contributed by atoms with Gasteiger partial charge in [-0.3, -0.25) is 4.99 Å². The monoisotopic (exact) mass is 506 g/mol. The lowest BCUT2D eigenvalue weighted by molar-refractivity contribution is 0.179. The highest BCUT2D eigenvalue weighted by Crippen LogP contribution is 2.15. The number of benzene rings is 1. The summed E-state index contributed by atoms with van der Waals surface area (Å²) < 4.78 is 3.14. The topological polar surface area (TPSA) is 52.8 Å². The van der Waals surface area contributed by atoms with E-state index in [0.717, 1.165) is 22.5 Å². The van der Waals surface area contributed by atoms with Crippen LogP contribution in [0.1, 0.15) is 17.4 Å². The molecule has 1 unspecified atom stereocenters. The van der Waals surface area contributed by atoms with E-state index in [4.69, 9.17) is 0 Å². The van der Waals surface area contributed by atoms with Crippen LogP contribution in [-0.4, -0.2) is 41.2 Å². The Bertz CT molecular complexity index is 660. The second-order valence-corrected chi connectivity index (χ2v) is 6.39. The van der Waals surface area contributed by atoms with Gasteiger partial charge in [-0.15, -0.1) is 24.0 Å². The smallest absolute Gasteiger partial charge is 0.193 e. The normalized spacial score (nSPS) is 12.5. The minimum absolute atomic E-state index is 0. The van der Waals surface area contributed by atoms with Crippen LogP contribution in [0.25, 0.3) is 0 Å². The van der Waals surface area contributed by atoms with Crippen LogP contribution in [0.4, 0.5) is 0 Å². The largest absolute Gasteiger partial charge is 0.387 e. The van der Waals surface area contributed by atoms with Crippen molar-refractivity contribution in [2.24, 2.45) is 12.0 Å². The third-order valence-electron chi connectivity index (χ3n) is 3.68. The lowest BCUT2D eigenvalue weighted by Gasteiger charge is -2.23. The highest BCUT2D eigenvalue weighted by Gasteiger charge is 2.12. The summed E-state index contributed by atoms with van der Waals surface area (Å²) in [4.78, 5) is 6.31. The number of aryl methyl sites for hydroxylation is 1. The zero-order chi connectivity index (χ0) is 16.8. The van der Waals surface area contributed by atoms with Crippen molar-refractivity contribution in [2.45, 2.75) is 12.6 Å². The molecular formula is C17H24BrIN4O. The van der Waals surface area contributed by atoms with Crippen molar-refractivity contribution in [1.29, 1.82) is 0 Å². The molecule has 0 radical (unpaired) electrons. The standard InChI is InChI=1S/C17H23BrN4O.HI/c1-19-17(20-10-16(23)13-7-5-4-6-8-13)22(3)12-15-9-14(18)11-21(15)2;/h4-9,11,16,23H,10,12H2,1-3H3,(H,19,20);1H. The molecule has 1 atom stereocenters. The molecule has 132 valence electrons. The number of hydrogen-bond donors (Lipinski definition) is 2. The van der Waals surface area contributed by atoms with Crippen LogP contribution in [-0.2, 0) is 13.6 Å². The molecule has 1 aromatic heterocycles. The molecule has 0 spiro atoms. The predicted octanol–water partition coefficient (Wildman–Crippen LogP) is 3.15. The predicted molar refractivity (Wildman–Crippen MR) is 113 cm³/mol. The first-order valence-electron chi connectivity index (χ1n) is 7.46. The number of guanidine groups is 1. The van der Waals surface area contributed by atoms with Crippen molar-refractivity contribution >= 4 is 45.9 Å². The maximum Gasteiger partial charge on any atom is 0.193 e. The Morgan fingerprint density at radius 2 is 2.04 bits per heavy atom. The van der Waals surface area contributed by atoms with Gasteiger partial charge in [0.2, 0.25) is 0 Å². The molecule has 0 amide bonds. The molecule has 7 heteroatoms. The van der Waals surface area contributed by atoms with Crippen molar-refractivity contribution in [3.63, 3.8) is 0 Å². The lowest BCUT2D eigenvalue weighted by Crippen LogP contribution is -2.40. The van der Waals surface area contributed by atoms with Crippen molar-refractivity contribution in [3.8, 4) is 0 Å². The van der Waals surface area contributed by atoms with Crippen LogP contribution < -0.4 is 5.32 Å². The maximum atomic E-state index is 10.2. The summed E-state index contributed by atoms with van der Waals surface area (Å²) in [5.74, 6) is 0.748. The van der Waals surface area contributed by atoms with E-state index in [0.29, 0.717) is 6.54 Å². The molecule has 0 bridgehead atoms. The van der Waals surface area contributed by atoms with Crippen LogP contribution in [0, 0.1) is 0 Å². The fourth-order valence-electron chi connectivity index (χ4n) is 2.41. The number of aliphatic imine (C=N–C) groups is 1. The Morgan fingerprint density at radius 3 is 2.58 bits per heavy atom. The second kappa shape index (κ2) is 10.0. The molecule has 24 heavy (non-hydrogen) atoms. The number of nitrogens with zero attached hydrogens (tertiary/aromatic N) is 3. The minimum Gasteiger partial charge on any atom is -0.387 e. The van der Waals surface area contributed by atoms with Crippen molar-refractivity contribution in [3.05, 3.63) is 58.3 Å². The molecule has 2 rings (SSSR count). The zero-order valence-electron chi connectivity index (χ0n) is 14.1. The maximum absolute atomic E-state index is 10.2. The first kappa shape index (κ1) is 21.0. The van der Waals surface area contributed by atoms with Crippen molar-refractivity contribution in [2.75, 3.05) is 20.6 Å². The summed E-state index contributed by atoms with van der Waals surface area (Å²) in [7, 11) is 5.74. The molecule has 2 aromatic rings. The number of aromatic nitrogens is 1. The first-order valence-corrected chi connectivity index (χ1v) is 8.26. The van der Waals surface area contributed by atoms with Gasteiger partial charge < -0.3 is 19.9 Å². The van der Waals surface area contributed by atoms with E-state index in [1.54, 1.807) is 7.05 Å². The van der Waals surface area contributed by atoms with Gasteiger partial charge >= 0.3 is 0 Å². The van der Waals surface area contributed by atoms with Gasteiger partial charge in [0, 0.05) is 44.1 Å². The average molecular weight is 507 g/mol. The zero-order valence-corrected chi connectivity index (χ0v) is 18.0. The molecule has 1 aromatic carbocycles. The number of hydrogen-bond acceptors (Lipinski definition) is 2. The van der Waals surface area contributed by atoms with E-state index in [2.05, 4.69) is 36.9 Å². The van der Waals surface area contributed by atoms with E-state index < -0.39 is 6.10 Å². The SMILES string of the molecule is CN=C(NCC(O)c1ccccc1)N(C)Cc1cc(Br)cn1C.I.